The van der Waals surface area contributed by atoms with Gasteiger partial charge in [-0.1, -0.05) is 23.5 Å². The molecule has 1 aliphatic rings. The normalized spacial score (nSPS) is 17.1. The highest BCUT2D eigenvalue weighted by atomic mass is 32.1. The van der Waals surface area contributed by atoms with Crippen LogP contribution < -0.4 is 5.01 Å². The van der Waals surface area contributed by atoms with Gasteiger partial charge in [0, 0.05) is 20.3 Å². The van der Waals surface area contributed by atoms with Crippen LogP contribution in [-0.4, -0.2) is 35.6 Å². The first kappa shape index (κ1) is 12.8. The monoisotopic (exact) mass is 286 g/mol. The van der Waals surface area contributed by atoms with E-state index in [0.717, 1.165) is 10.2 Å². The summed E-state index contributed by atoms with van der Waals surface area (Å²) in [6.45, 7) is 1.83. The molecule has 1 aromatic carbocycles. The molecule has 0 N–H and O–H groups in total. The lowest BCUT2D eigenvalue weighted by atomic mass is 10.2. The van der Waals surface area contributed by atoms with Crippen LogP contribution in [0.5, 0.6) is 0 Å². The predicted molar refractivity (Wildman–Crippen MR) is 82.0 cm³/mol. The number of nitrogens with zero attached hydrogens (tertiary/aromatic N) is 4. The lowest BCUT2D eigenvalue weighted by molar-refractivity contribution is -0.114. The smallest absolute Gasteiger partial charge is 0.284 e. The van der Waals surface area contributed by atoms with Crippen molar-refractivity contribution in [2.45, 2.75) is 6.92 Å². The van der Waals surface area contributed by atoms with Crippen LogP contribution >= 0.6 is 11.3 Å². The average Bonchev–Trinajstić information content (AvgIpc) is 2.94. The number of carbonyl (C=O) groups is 1. The maximum Gasteiger partial charge on any atom is 0.284 e. The fourth-order valence-electron chi connectivity index (χ4n) is 2.01. The molecule has 5 nitrogen and oxygen atoms in total. The van der Waals surface area contributed by atoms with Gasteiger partial charge in [-0.25, -0.2) is 4.98 Å². The Morgan fingerprint density at radius 3 is 2.75 bits per heavy atom. The molecule has 0 unspecified atom stereocenters. The number of para-hydroxylation sites is 1. The van der Waals surface area contributed by atoms with Crippen molar-refractivity contribution in [2.24, 2.45) is 5.10 Å². The molecule has 0 fully saturated rings. The molecule has 0 bridgehead atoms. The fraction of sp³-hybridized carbons (Fsp3) is 0.214. The van der Waals surface area contributed by atoms with Gasteiger partial charge in [0.2, 0.25) is 5.13 Å². The minimum Gasteiger partial charge on any atom is -0.383 e. The van der Waals surface area contributed by atoms with Gasteiger partial charge >= 0.3 is 0 Å². The van der Waals surface area contributed by atoms with Gasteiger partial charge in [0.15, 0.2) is 0 Å². The molecule has 1 aliphatic heterocycles. The van der Waals surface area contributed by atoms with Gasteiger partial charge in [0.25, 0.3) is 5.91 Å². The number of aromatic nitrogens is 1. The van der Waals surface area contributed by atoms with Crippen LogP contribution in [0.4, 0.5) is 5.13 Å². The standard InChI is InChI=1S/C14H14N4OS/c1-9-10(8-17(2)3)13(19)18(16-9)14-15-11-6-4-5-7-12(11)20-14/h4-8H,1-3H3/b10-8-. The molecule has 0 saturated carbocycles. The van der Waals surface area contributed by atoms with E-state index in [1.54, 1.807) is 6.20 Å². The summed E-state index contributed by atoms with van der Waals surface area (Å²) in [5.41, 5.74) is 2.20. The summed E-state index contributed by atoms with van der Waals surface area (Å²) in [4.78, 5) is 18.7. The average molecular weight is 286 g/mol. The zero-order valence-corrected chi connectivity index (χ0v) is 12.3. The van der Waals surface area contributed by atoms with E-state index in [9.17, 15) is 4.79 Å². The molecule has 1 amide bonds. The van der Waals surface area contributed by atoms with Crippen molar-refractivity contribution in [2.75, 3.05) is 19.1 Å². The largest absolute Gasteiger partial charge is 0.383 e. The van der Waals surface area contributed by atoms with Gasteiger partial charge in [-0.2, -0.15) is 10.1 Å². The molecule has 0 spiro atoms. The van der Waals surface area contributed by atoms with Crippen LogP contribution in [0.1, 0.15) is 6.92 Å². The Kier molecular flexibility index (Phi) is 3.02. The Labute approximate surface area is 120 Å². The second-order valence-electron chi connectivity index (χ2n) is 4.77. The first-order valence-electron chi connectivity index (χ1n) is 6.20. The minimum atomic E-state index is -0.129. The number of anilines is 1. The summed E-state index contributed by atoms with van der Waals surface area (Å²) in [5, 5.41) is 6.32. The maximum absolute atomic E-state index is 12.4. The number of rotatable bonds is 2. The maximum atomic E-state index is 12.4. The second-order valence-corrected chi connectivity index (χ2v) is 5.78. The van der Waals surface area contributed by atoms with E-state index >= 15 is 0 Å². The van der Waals surface area contributed by atoms with E-state index in [2.05, 4.69) is 10.1 Å². The van der Waals surface area contributed by atoms with Crippen molar-refractivity contribution in [1.82, 2.24) is 9.88 Å². The first-order chi connectivity index (χ1) is 9.56. The summed E-state index contributed by atoms with van der Waals surface area (Å²) >= 11 is 1.47. The van der Waals surface area contributed by atoms with Crippen LogP contribution in [0, 0.1) is 0 Å². The molecule has 6 heteroatoms. The van der Waals surface area contributed by atoms with Gasteiger partial charge in [-0.15, -0.1) is 0 Å². The highest BCUT2D eigenvalue weighted by molar-refractivity contribution is 7.22. The number of hydrogen-bond donors (Lipinski definition) is 0. The number of thiazole rings is 1. The van der Waals surface area contributed by atoms with Crippen LogP contribution in [0.25, 0.3) is 10.2 Å². The number of hydrazone groups is 1. The molecule has 0 radical (unpaired) electrons. The minimum absolute atomic E-state index is 0.129. The lowest BCUT2D eigenvalue weighted by Gasteiger charge is -2.08. The Hall–Kier alpha value is -2.21. The number of carbonyl (C=O) groups excluding carboxylic acids is 1. The van der Waals surface area contributed by atoms with Crippen molar-refractivity contribution >= 4 is 38.3 Å². The van der Waals surface area contributed by atoms with E-state index in [-0.39, 0.29) is 5.91 Å². The highest BCUT2D eigenvalue weighted by Gasteiger charge is 2.31. The SMILES string of the molecule is CC1=NN(c2nc3ccccc3s2)C(=O)/C1=C\N(C)C. The van der Waals surface area contributed by atoms with Crippen molar-refractivity contribution in [3.05, 3.63) is 36.0 Å². The van der Waals surface area contributed by atoms with E-state index in [1.807, 2.05) is 50.2 Å². The van der Waals surface area contributed by atoms with E-state index in [0.29, 0.717) is 16.4 Å². The predicted octanol–water partition coefficient (Wildman–Crippen LogP) is 2.46. The highest BCUT2D eigenvalue weighted by Crippen LogP contribution is 2.31. The fourth-order valence-corrected chi connectivity index (χ4v) is 2.92. The van der Waals surface area contributed by atoms with Crippen LogP contribution in [0.15, 0.2) is 41.1 Å². The van der Waals surface area contributed by atoms with Crippen molar-refractivity contribution < 1.29 is 4.79 Å². The van der Waals surface area contributed by atoms with E-state index < -0.39 is 0 Å². The van der Waals surface area contributed by atoms with Crippen LogP contribution in [0.2, 0.25) is 0 Å². The molecule has 0 saturated heterocycles. The number of fused-ring (bicyclic) bond motifs is 1. The lowest BCUT2D eigenvalue weighted by Crippen LogP contribution is -2.22. The quantitative estimate of drug-likeness (QED) is 0.797. The molecule has 0 aliphatic carbocycles. The first-order valence-corrected chi connectivity index (χ1v) is 7.02. The number of benzene rings is 1. The Bertz CT molecular complexity index is 711. The van der Waals surface area contributed by atoms with Crippen LogP contribution in [-0.2, 0) is 4.79 Å². The Morgan fingerprint density at radius 1 is 1.30 bits per heavy atom. The van der Waals surface area contributed by atoms with Gasteiger partial charge < -0.3 is 4.90 Å². The molecule has 3 rings (SSSR count). The number of amides is 1. The van der Waals surface area contributed by atoms with Gasteiger partial charge in [0.1, 0.15) is 0 Å². The Morgan fingerprint density at radius 2 is 2.05 bits per heavy atom. The summed E-state index contributed by atoms with van der Waals surface area (Å²) in [6.07, 6.45) is 1.79. The molecular weight excluding hydrogens is 272 g/mol. The topological polar surface area (TPSA) is 48.8 Å². The van der Waals surface area contributed by atoms with Crippen molar-refractivity contribution in [1.29, 1.82) is 0 Å². The molecule has 0 atom stereocenters. The molecule has 2 aromatic rings. The van der Waals surface area contributed by atoms with Gasteiger partial charge in [0.05, 0.1) is 21.5 Å². The molecule has 20 heavy (non-hydrogen) atoms. The third-order valence-electron chi connectivity index (χ3n) is 2.91. The summed E-state index contributed by atoms with van der Waals surface area (Å²) < 4.78 is 1.05. The van der Waals surface area contributed by atoms with Crippen molar-refractivity contribution in [3.63, 3.8) is 0 Å². The summed E-state index contributed by atoms with van der Waals surface area (Å²) in [6, 6.07) is 7.82. The van der Waals surface area contributed by atoms with E-state index in [4.69, 9.17) is 0 Å². The molecule has 2 heterocycles. The van der Waals surface area contributed by atoms with Crippen molar-refractivity contribution in [3.8, 4) is 0 Å². The van der Waals surface area contributed by atoms with Gasteiger partial charge in [-0.05, 0) is 19.1 Å². The molecule has 1 aromatic heterocycles. The third-order valence-corrected chi connectivity index (χ3v) is 3.93. The van der Waals surface area contributed by atoms with E-state index in [1.165, 1.54) is 16.3 Å². The summed E-state index contributed by atoms with van der Waals surface area (Å²) in [7, 11) is 3.77. The Balaban J connectivity index is 2.01. The zero-order chi connectivity index (χ0) is 14.3. The number of hydrogen-bond acceptors (Lipinski definition) is 5. The molecule has 102 valence electrons. The molecular formula is C14H14N4OS. The zero-order valence-electron chi connectivity index (χ0n) is 11.5. The third kappa shape index (κ3) is 2.08. The second kappa shape index (κ2) is 4.72. The van der Waals surface area contributed by atoms with Gasteiger partial charge in [-0.3, -0.25) is 4.79 Å². The summed E-state index contributed by atoms with van der Waals surface area (Å²) in [5.74, 6) is -0.129. The van der Waals surface area contributed by atoms with Crippen LogP contribution in [0.3, 0.4) is 0 Å².